The predicted octanol–water partition coefficient (Wildman–Crippen LogP) is 3.93. The average molecular weight is 308 g/mol. The van der Waals surface area contributed by atoms with Gasteiger partial charge in [-0.15, -0.1) is 0 Å². The standard InChI is InChI=1S/C18H16N2OS/c1-15-9-11-18(12-10-15)22(21)19-14-17-8-5-13-20(17)16-6-3-2-4-7-16/h2-14H,1H3/t22-/m1/s1. The van der Waals surface area contributed by atoms with E-state index in [-0.39, 0.29) is 0 Å². The van der Waals surface area contributed by atoms with Gasteiger partial charge in [0.15, 0.2) is 11.0 Å². The third kappa shape index (κ3) is 3.23. The maximum Gasteiger partial charge on any atom is 0.172 e. The molecule has 0 N–H and O–H groups in total. The van der Waals surface area contributed by atoms with Crippen LogP contribution in [0.2, 0.25) is 0 Å². The average Bonchev–Trinajstić information content (AvgIpc) is 3.02. The first-order valence-electron chi connectivity index (χ1n) is 6.99. The van der Waals surface area contributed by atoms with Gasteiger partial charge in [0.25, 0.3) is 0 Å². The quantitative estimate of drug-likeness (QED) is 0.673. The summed E-state index contributed by atoms with van der Waals surface area (Å²) in [6.45, 7) is 2.00. The molecule has 1 atom stereocenters. The Morgan fingerprint density at radius 1 is 0.955 bits per heavy atom. The van der Waals surface area contributed by atoms with Crippen molar-refractivity contribution in [1.82, 2.24) is 4.57 Å². The van der Waals surface area contributed by atoms with E-state index in [4.69, 9.17) is 0 Å². The zero-order chi connectivity index (χ0) is 15.4. The highest BCUT2D eigenvalue weighted by atomic mass is 32.2. The number of hydrogen-bond acceptors (Lipinski definition) is 1. The Morgan fingerprint density at radius 3 is 2.41 bits per heavy atom. The summed E-state index contributed by atoms with van der Waals surface area (Å²) >= 11 is 0. The van der Waals surface area contributed by atoms with Crippen molar-refractivity contribution >= 4 is 17.2 Å². The SMILES string of the molecule is Cc1ccc([S@@](=O)N=Cc2cccn2-c2ccccc2)cc1. The summed E-state index contributed by atoms with van der Waals surface area (Å²) in [5.74, 6) is 0. The van der Waals surface area contributed by atoms with Crippen LogP contribution < -0.4 is 0 Å². The summed E-state index contributed by atoms with van der Waals surface area (Å²) in [4.78, 5) is 0.708. The van der Waals surface area contributed by atoms with Crippen LogP contribution in [0.15, 0.2) is 82.2 Å². The third-order valence-corrected chi connectivity index (χ3v) is 4.29. The Labute approximate surface area is 132 Å². The smallest absolute Gasteiger partial charge is 0.172 e. The van der Waals surface area contributed by atoms with Crippen LogP contribution in [0.1, 0.15) is 11.3 Å². The van der Waals surface area contributed by atoms with E-state index in [9.17, 15) is 4.21 Å². The molecule has 2 aromatic carbocycles. The van der Waals surface area contributed by atoms with Crippen molar-refractivity contribution in [1.29, 1.82) is 0 Å². The fraction of sp³-hybridized carbons (Fsp3) is 0.0556. The monoisotopic (exact) mass is 308 g/mol. The van der Waals surface area contributed by atoms with Crippen LogP contribution in [0.5, 0.6) is 0 Å². The Hall–Kier alpha value is -2.46. The minimum Gasteiger partial charge on any atom is -0.316 e. The van der Waals surface area contributed by atoms with Gasteiger partial charge in [-0.1, -0.05) is 35.9 Å². The molecule has 0 aliphatic carbocycles. The van der Waals surface area contributed by atoms with Gasteiger partial charge in [0.1, 0.15) is 0 Å². The van der Waals surface area contributed by atoms with Crippen LogP contribution in [0.25, 0.3) is 5.69 Å². The molecule has 3 aromatic rings. The molecule has 0 bridgehead atoms. The van der Waals surface area contributed by atoms with Crippen molar-refractivity contribution < 1.29 is 4.21 Å². The first kappa shape index (κ1) is 14.5. The molecule has 0 fully saturated rings. The van der Waals surface area contributed by atoms with Gasteiger partial charge in [0.2, 0.25) is 0 Å². The second-order valence-electron chi connectivity index (χ2n) is 4.94. The highest BCUT2D eigenvalue weighted by Crippen LogP contribution is 2.12. The van der Waals surface area contributed by atoms with Gasteiger partial charge in [0, 0.05) is 11.9 Å². The summed E-state index contributed by atoms with van der Waals surface area (Å²) in [7, 11) is -1.38. The lowest BCUT2D eigenvalue weighted by Crippen LogP contribution is -1.98. The predicted molar refractivity (Wildman–Crippen MR) is 91.0 cm³/mol. The molecule has 0 spiro atoms. The van der Waals surface area contributed by atoms with E-state index in [1.54, 1.807) is 6.21 Å². The van der Waals surface area contributed by atoms with Crippen molar-refractivity contribution in [3.63, 3.8) is 0 Å². The first-order chi connectivity index (χ1) is 10.7. The number of nitrogens with zero attached hydrogens (tertiary/aromatic N) is 2. The van der Waals surface area contributed by atoms with Crippen molar-refractivity contribution in [3.8, 4) is 5.69 Å². The van der Waals surface area contributed by atoms with E-state index >= 15 is 0 Å². The van der Waals surface area contributed by atoms with Crippen LogP contribution in [0, 0.1) is 6.92 Å². The molecule has 3 rings (SSSR count). The molecule has 0 unspecified atom stereocenters. The Kier molecular flexibility index (Phi) is 4.30. The van der Waals surface area contributed by atoms with Crippen LogP contribution >= 0.6 is 0 Å². The molecular formula is C18H16N2OS. The molecule has 22 heavy (non-hydrogen) atoms. The van der Waals surface area contributed by atoms with E-state index in [1.807, 2.05) is 84.4 Å². The number of rotatable bonds is 4. The number of aromatic nitrogens is 1. The lowest BCUT2D eigenvalue weighted by Gasteiger charge is -2.05. The van der Waals surface area contributed by atoms with Crippen LogP contribution in [0.4, 0.5) is 0 Å². The molecule has 0 aliphatic heterocycles. The molecule has 1 aromatic heterocycles. The summed E-state index contributed by atoms with van der Waals surface area (Å²) in [5, 5.41) is 0. The minimum atomic E-state index is -1.38. The molecule has 4 heteroatoms. The lowest BCUT2D eigenvalue weighted by molar-refractivity contribution is 0.684. The Balaban J connectivity index is 1.83. The van der Waals surface area contributed by atoms with E-state index in [1.165, 1.54) is 0 Å². The second-order valence-corrected chi connectivity index (χ2v) is 6.12. The van der Waals surface area contributed by atoms with E-state index in [2.05, 4.69) is 4.40 Å². The van der Waals surface area contributed by atoms with Gasteiger partial charge in [-0.3, -0.25) is 0 Å². The number of hydrogen-bond donors (Lipinski definition) is 0. The van der Waals surface area contributed by atoms with Gasteiger partial charge >= 0.3 is 0 Å². The van der Waals surface area contributed by atoms with E-state index in [0.29, 0.717) is 4.90 Å². The summed E-state index contributed by atoms with van der Waals surface area (Å²) < 4.78 is 18.4. The molecule has 0 aliphatic rings. The van der Waals surface area contributed by atoms with Crippen molar-refractivity contribution in [2.45, 2.75) is 11.8 Å². The van der Waals surface area contributed by atoms with Crippen molar-refractivity contribution in [2.75, 3.05) is 0 Å². The number of para-hydroxylation sites is 1. The Bertz CT molecular complexity index is 805. The molecule has 1 heterocycles. The van der Waals surface area contributed by atoms with Crippen LogP contribution in [-0.4, -0.2) is 15.0 Å². The normalized spacial score (nSPS) is 12.6. The number of aryl methyl sites for hydroxylation is 1. The molecule has 0 radical (unpaired) electrons. The maximum absolute atomic E-state index is 12.2. The summed E-state index contributed by atoms with van der Waals surface area (Å²) in [6, 6.07) is 21.5. The second kappa shape index (κ2) is 6.54. The fourth-order valence-corrected chi connectivity index (χ4v) is 2.83. The zero-order valence-corrected chi connectivity index (χ0v) is 13.0. The largest absolute Gasteiger partial charge is 0.316 e. The fourth-order valence-electron chi connectivity index (χ4n) is 2.14. The molecule has 3 nitrogen and oxygen atoms in total. The lowest BCUT2D eigenvalue weighted by atomic mass is 10.2. The summed E-state index contributed by atoms with van der Waals surface area (Å²) in [5.41, 5.74) is 3.09. The van der Waals surface area contributed by atoms with Gasteiger partial charge < -0.3 is 4.57 Å². The van der Waals surface area contributed by atoms with Crippen LogP contribution in [-0.2, 0) is 11.0 Å². The van der Waals surface area contributed by atoms with E-state index in [0.717, 1.165) is 16.9 Å². The summed E-state index contributed by atoms with van der Waals surface area (Å²) in [6.07, 6.45) is 3.62. The van der Waals surface area contributed by atoms with Gasteiger partial charge in [-0.2, -0.15) is 4.40 Å². The Morgan fingerprint density at radius 2 is 1.68 bits per heavy atom. The van der Waals surface area contributed by atoms with E-state index < -0.39 is 11.0 Å². The molecule has 0 amide bonds. The van der Waals surface area contributed by atoms with Crippen LogP contribution in [0.3, 0.4) is 0 Å². The topological polar surface area (TPSA) is 34.4 Å². The van der Waals surface area contributed by atoms with Crippen molar-refractivity contribution in [3.05, 3.63) is 84.2 Å². The number of benzene rings is 2. The molecule has 0 saturated carbocycles. The van der Waals surface area contributed by atoms with Gasteiger partial charge in [0.05, 0.1) is 16.8 Å². The highest BCUT2D eigenvalue weighted by Gasteiger charge is 2.03. The zero-order valence-electron chi connectivity index (χ0n) is 12.2. The minimum absolute atomic E-state index is 0.708. The maximum atomic E-state index is 12.2. The molecule has 0 saturated heterocycles. The molecule has 110 valence electrons. The highest BCUT2D eigenvalue weighted by molar-refractivity contribution is 7.83. The van der Waals surface area contributed by atoms with Gasteiger partial charge in [-0.05, 0) is 43.3 Å². The first-order valence-corrected chi connectivity index (χ1v) is 8.10. The third-order valence-electron chi connectivity index (χ3n) is 3.32. The van der Waals surface area contributed by atoms with Crippen molar-refractivity contribution in [2.24, 2.45) is 4.40 Å². The molecular weight excluding hydrogens is 292 g/mol. The van der Waals surface area contributed by atoms with Gasteiger partial charge in [-0.25, -0.2) is 4.21 Å².